The fourth-order valence-corrected chi connectivity index (χ4v) is 1.58. The molecule has 2 aromatic rings. The average molecular weight is 232 g/mol. The van der Waals surface area contributed by atoms with E-state index in [2.05, 4.69) is 22.0 Å². The molecule has 0 saturated carbocycles. The van der Waals surface area contributed by atoms with E-state index in [0.717, 1.165) is 18.5 Å². The fraction of sp³-hybridized carbons (Fsp3) is 0.417. The van der Waals surface area contributed by atoms with E-state index in [1.54, 1.807) is 6.20 Å². The molecule has 0 saturated heterocycles. The first-order chi connectivity index (χ1) is 8.33. The van der Waals surface area contributed by atoms with Crippen LogP contribution >= 0.6 is 0 Å². The predicted molar refractivity (Wildman–Crippen MR) is 64.1 cm³/mol. The Morgan fingerprint density at radius 1 is 1.41 bits per heavy atom. The lowest BCUT2D eigenvalue weighted by Crippen LogP contribution is -2.15. The van der Waals surface area contributed by atoms with Crippen molar-refractivity contribution in [2.24, 2.45) is 11.7 Å². The molecule has 90 valence electrons. The van der Waals surface area contributed by atoms with Crippen molar-refractivity contribution in [2.45, 2.75) is 19.8 Å². The Kier molecular flexibility index (Phi) is 3.82. The van der Waals surface area contributed by atoms with Crippen LogP contribution in [0.4, 0.5) is 0 Å². The van der Waals surface area contributed by atoms with Gasteiger partial charge in [0.1, 0.15) is 5.69 Å². The van der Waals surface area contributed by atoms with Gasteiger partial charge in [0, 0.05) is 12.6 Å². The maximum atomic E-state index is 5.65. The van der Waals surface area contributed by atoms with Crippen LogP contribution in [0.1, 0.15) is 19.2 Å². The second-order valence-corrected chi connectivity index (χ2v) is 3.94. The van der Waals surface area contributed by atoms with Crippen LogP contribution in [0.25, 0.3) is 11.5 Å². The molecule has 0 amide bonds. The number of hydrogen-bond donors (Lipinski definition) is 1. The first kappa shape index (κ1) is 11.7. The molecule has 2 rings (SSSR count). The summed E-state index contributed by atoms with van der Waals surface area (Å²) in [6, 6.07) is 5.61. The van der Waals surface area contributed by atoms with Crippen LogP contribution in [0.15, 0.2) is 28.9 Å². The summed E-state index contributed by atoms with van der Waals surface area (Å²) in [5, 5.41) is 3.92. The molecule has 5 heteroatoms. The maximum Gasteiger partial charge on any atom is 0.227 e. The summed E-state index contributed by atoms with van der Waals surface area (Å²) in [7, 11) is 0. The Balaban J connectivity index is 2.11. The number of nitrogens with zero attached hydrogens (tertiary/aromatic N) is 3. The molecule has 2 heterocycles. The standard InChI is InChI=1S/C12H16N4O/c1-2-9(8-13)7-11-15-12(16-17-11)10-5-3-4-6-14-10/h3-6,9H,2,7-8,13H2,1H3. The van der Waals surface area contributed by atoms with Crippen LogP contribution in [0.2, 0.25) is 0 Å². The number of nitrogens with two attached hydrogens (primary N) is 1. The van der Waals surface area contributed by atoms with E-state index in [-0.39, 0.29) is 0 Å². The van der Waals surface area contributed by atoms with E-state index >= 15 is 0 Å². The quantitative estimate of drug-likeness (QED) is 0.848. The van der Waals surface area contributed by atoms with E-state index in [9.17, 15) is 0 Å². The van der Waals surface area contributed by atoms with Gasteiger partial charge in [-0.3, -0.25) is 4.98 Å². The zero-order chi connectivity index (χ0) is 12.1. The van der Waals surface area contributed by atoms with Crippen molar-refractivity contribution in [2.75, 3.05) is 6.54 Å². The summed E-state index contributed by atoms with van der Waals surface area (Å²) < 4.78 is 5.20. The monoisotopic (exact) mass is 232 g/mol. The first-order valence-electron chi connectivity index (χ1n) is 5.77. The maximum absolute atomic E-state index is 5.65. The smallest absolute Gasteiger partial charge is 0.227 e. The third-order valence-electron chi connectivity index (χ3n) is 2.74. The second kappa shape index (κ2) is 5.54. The van der Waals surface area contributed by atoms with Crippen molar-refractivity contribution in [3.63, 3.8) is 0 Å². The second-order valence-electron chi connectivity index (χ2n) is 3.94. The largest absolute Gasteiger partial charge is 0.339 e. The molecule has 0 spiro atoms. The van der Waals surface area contributed by atoms with E-state index in [1.165, 1.54) is 0 Å². The van der Waals surface area contributed by atoms with Crippen LogP contribution in [-0.2, 0) is 6.42 Å². The molecule has 5 nitrogen and oxygen atoms in total. The summed E-state index contributed by atoms with van der Waals surface area (Å²) in [6.07, 6.45) is 3.45. The SMILES string of the molecule is CCC(CN)Cc1nc(-c2ccccn2)no1. The first-order valence-corrected chi connectivity index (χ1v) is 5.77. The van der Waals surface area contributed by atoms with Gasteiger partial charge in [-0.15, -0.1) is 0 Å². The van der Waals surface area contributed by atoms with Crippen LogP contribution in [0.3, 0.4) is 0 Å². The van der Waals surface area contributed by atoms with Gasteiger partial charge in [0.2, 0.25) is 11.7 Å². The van der Waals surface area contributed by atoms with Gasteiger partial charge in [-0.05, 0) is 24.6 Å². The third kappa shape index (κ3) is 2.88. The molecule has 2 N–H and O–H groups in total. The van der Waals surface area contributed by atoms with E-state index in [4.69, 9.17) is 10.3 Å². The molecular formula is C12H16N4O. The van der Waals surface area contributed by atoms with E-state index < -0.39 is 0 Å². The number of rotatable bonds is 5. The molecule has 17 heavy (non-hydrogen) atoms. The molecule has 0 fully saturated rings. The molecule has 0 aliphatic rings. The summed E-state index contributed by atoms with van der Waals surface area (Å²) in [5.41, 5.74) is 6.37. The fourth-order valence-electron chi connectivity index (χ4n) is 1.58. The lowest BCUT2D eigenvalue weighted by atomic mass is 10.0. The highest BCUT2D eigenvalue weighted by atomic mass is 16.5. The zero-order valence-electron chi connectivity index (χ0n) is 9.84. The Morgan fingerprint density at radius 2 is 2.29 bits per heavy atom. The Bertz CT molecular complexity index is 451. The highest BCUT2D eigenvalue weighted by molar-refractivity contribution is 5.46. The highest BCUT2D eigenvalue weighted by Gasteiger charge is 2.13. The molecule has 1 atom stereocenters. The Morgan fingerprint density at radius 3 is 2.94 bits per heavy atom. The average Bonchev–Trinajstić information content (AvgIpc) is 2.85. The number of pyridine rings is 1. The van der Waals surface area contributed by atoms with Gasteiger partial charge in [-0.25, -0.2) is 0 Å². The van der Waals surface area contributed by atoms with Crippen LogP contribution in [0.5, 0.6) is 0 Å². The van der Waals surface area contributed by atoms with E-state index in [0.29, 0.717) is 24.2 Å². The summed E-state index contributed by atoms with van der Waals surface area (Å²) in [4.78, 5) is 8.49. The third-order valence-corrected chi connectivity index (χ3v) is 2.74. The molecule has 2 aromatic heterocycles. The minimum Gasteiger partial charge on any atom is -0.339 e. The number of hydrogen-bond acceptors (Lipinski definition) is 5. The summed E-state index contributed by atoms with van der Waals surface area (Å²) >= 11 is 0. The minimum absolute atomic E-state index is 0.395. The normalized spacial score (nSPS) is 12.6. The van der Waals surface area contributed by atoms with Crippen LogP contribution < -0.4 is 5.73 Å². The van der Waals surface area contributed by atoms with Gasteiger partial charge in [0.05, 0.1) is 0 Å². The summed E-state index contributed by atoms with van der Waals surface area (Å²) in [6.45, 7) is 2.74. The molecular weight excluding hydrogens is 216 g/mol. The lowest BCUT2D eigenvalue weighted by Gasteiger charge is -2.07. The van der Waals surface area contributed by atoms with E-state index in [1.807, 2.05) is 18.2 Å². The van der Waals surface area contributed by atoms with Crippen molar-refractivity contribution in [3.05, 3.63) is 30.3 Å². The van der Waals surface area contributed by atoms with Crippen LogP contribution in [0, 0.1) is 5.92 Å². The lowest BCUT2D eigenvalue weighted by molar-refractivity contribution is 0.350. The molecule has 0 aromatic carbocycles. The summed E-state index contributed by atoms with van der Waals surface area (Å²) in [5.74, 6) is 1.56. The van der Waals surface area contributed by atoms with Crippen LogP contribution in [-0.4, -0.2) is 21.7 Å². The van der Waals surface area contributed by atoms with Gasteiger partial charge < -0.3 is 10.3 Å². The van der Waals surface area contributed by atoms with Crippen molar-refractivity contribution < 1.29 is 4.52 Å². The van der Waals surface area contributed by atoms with Gasteiger partial charge in [0.15, 0.2) is 0 Å². The molecule has 0 radical (unpaired) electrons. The molecule has 0 bridgehead atoms. The zero-order valence-corrected chi connectivity index (χ0v) is 9.84. The van der Waals surface area contributed by atoms with Crippen molar-refractivity contribution in [1.29, 1.82) is 0 Å². The van der Waals surface area contributed by atoms with Crippen molar-refractivity contribution in [1.82, 2.24) is 15.1 Å². The molecule has 0 aliphatic carbocycles. The number of aromatic nitrogens is 3. The Labute approximate surface area is 100 Å². The highest BCUT2D eigenvalue weighted by Crippen LogP contribution is 2.15. The van der Waals surface area contributed by atoms with Gasteiger partial charge in [-0.1, -0.05) is 24.6 Å². The predicted octanol–water partition coefficient (Wildman–Crippen LogP) is 1.66. The topological polar surface area (TPSA) is 77.8 Å². The van der Waals surface area contributed by atoms with Crippen molar-refractivity contribution >= 4 is 0 Å². The minimum atomic E-state index is 0.395. The van der Waals surface area contributed by atoms with Crippen molar-refractivity contribution in [3.8, 4) is 11.5 Å². The Hall–Kier alpha value is -1.75. The molecule has 1 unspecified atom stereocenters. The van der Waals surface area contributed by atoms with Gasteiger partial charge in [-0.2, -0.15) is 4.98 Å². The molecule has 0 aliphatic heterocycles. The van der Waals surface area contributed by atoms with Gasteiger partial charge in [0.25, 0.3) is 0 Å². The van der Waals surface area contributed by atoms with Gasteiger partial charge >= 0.3 is 0 Å².